The lowest BCUT2D eigenvalue weighted by Crippen LogP contribution is -2.45. The number of hydrogen-bond donors (Lipinski definition) is 1. The van der Waals surface area contributed by atoms with Crippen LogP contribution in [0.3, 0.4) is 0 Å². The molecule has 0 aromatic heterocycles. The monoisotopic (exact) mass is 271 g/mol. The van der Waals surface area contributed by atoms with E-state index in [-0.39, 0.29) is 5.82 Å². The number of benzene rings is 1. The van der Waals surface area contributed by atoms with Gasteiger partial charge in [-0.05, 0) is 25.2 Å². The summed E-state index contributed by atoms with van der Waals surface area (Å²) in [6, 6.07) is 4.53. The van der Waals surface area contributed by atoms with Crippen LogP contribution in [0.25, 0.3) is 0 Å². The van der Waals surface area contributed by atoms with Gasteiger partial charge >= 0.3 is 0 Å². The molecule has 0 bridgehead atoms. The Hall–Kier alpha value is -0.840. The van der Waals surface area contributed by atoms with Gasteiger partial charge in [-0.25, -0.2) is 4.39 Å². The van der Waals surface area contributed by atoms with Gasteiger partial charge in [-0.2, -0.15) is 0 Å². The third kappa shape index (κ3) is 4.12. The van der Waals surface area contributed by atoms with E-state index in [1.54, 1.807) is 6.07 Å². The summed E-state index contributed by atoms with van der Waals surface area (Å²) in [6.07, 6.45) is 0. The molecule has 1 aliphatic rings. The first kappa shape index (κ1) is 13.6. The summed E-state index contributed by atoms with van der Waals surface area (Å²) in [4.78, 5) is 4.74. The summed E-state index contributed by atoms with van der Waals surface area (Å²) in [5.74, 6) is -0.301. The molecule has 1 N–H and O–H groups in total. The smallest absolute Gasteiger partial charge is 0.126 e. The molecule has 0 aliphatic carbocycles. The van der Waals surface area contributed by atoms with Crippen LogP contribution in [-0.2, 0) is 0 Å². The number of halogens is 2. The van der Waals surface area contributed by atoms with Crippen LogP contribution in [0.1, 0.15) is 0 Å². The van der Waals surface area contributed by atoms with Crippen molar-refractivity contribution >= 4 is 17.3 Å². The molecule has 1 aromatic rings. The standard InChI is InChI=1S/C13H19ClFN3/c1-17-4-6-18(7-5-17)3-2-16-13-9-11(14)8-12(15)10-13/h8-10,16H,2-7H2,1H3. The molecule has 18 heavy (non-hydrogen) atoms. The van der Waals surface area contributed by atoms with Gasteiger partial charge < -0.3 is 10.2 Å². The van der Waals surface area contributed by atoms with Crippen molar-refractivity contribution in [1.82, 2.24) is 9.80 Å². The van der Waals surface area contributed by atoms with Gasteiger partial charge in [0.05, 0.1) is 0 Å². The molecule has 0 radical (unpaired) electrons. The second-order valence-electron chi connectivity index (χ2n) is 4.73. The summed E-state index contributed by atoms with van der Waals surface area (Å²) in [5.41, 5.74) is 0.745. The third-order valence-corrected chi connectivity index (χ3v) is 3.43. The lowest BCUT2D eigenvalue weighted by Gasteiger charge is -2.32. The molecule has 0 amide bonds. The van der Waals surface area contributed by atoms with Gasteiger partial charge in [0.15, 0.2) is 0 Å². The van der Waals surface area contributed by atoms with Crippen LogP contribution in [0, 0.1) is 5.82 Å². The molecule has 1 saturated heterocycles. The molecular formula is C13H19ClFN3. The molecule has 5 heteroatoms. The number of nitrogens with one attached hydrogen (secondary N) is 1. The van der Waals surface area contributed by atoms with E-state index >= 15 is 0 Å². The zero-order valence-corrected chi connectivity index (χ0v) is 11.4. The third-order valence-electron chi connectivity index (χ3n) is 3.22. The van der Waals surface area contributed by atoms with Crippen molar-refractivity contribution in [1.29, 1.82) is 0 Å². The van der Waals surface area contributed by atoms with Crippen molar-refractivity contribution in [3.05, 3.63) is 29.0 Å². The Balaban J connectivity index is 1.74. The average Bonchev–Trinajstić information content (AvgIpc) is 2.30. The number of hydrogen-bond acceptors (Lipinski definition) is 3. The van der Waals surface area contributed by atoms with E-state index in [1.807, 2.05) is 0 Å². The number of rotatable bonds is 4. The first-order chi connectivity index (χ1) is 8.63. The minimum atomic E-state index is -0.301. The van der Waals surface area contributed by atoms with Crippen LogP contribution in [0.5, 0.6) is 0 Å². The molecule has 1 aromatic carbocycles. The summed E-state index contributed by atoms with van der Waals surface area (Å²) >= 11 is 5.80. The number of nitrogens with zero attached hydrogens (tertiary/aromatic N) is 2. The highest BCUT2D eigenvalue weighted by molar-refractivity contribution is 6.30. The van der Waals surface area contributed by atoms with Gasteiger partial charge in [-0.15, -0.1) is 0 Å². The topological polar surface area (TPSA) is 18.5 Å². The second-order valence-corrected chi connectivity index (χ2v) is 5.17. The van der Waals surface area contributed by atoms with E-state index in [1.165, 1.54) is 12.1 Å². The first-order valence-corrected chi connectivity index (χ1v) is 6.62. The maximum Gasteiger partial charge on any atom is 0.126 e. The Kier molecular flexibility index (Phi) is 4.80. The Labute approximate surface area is 113 Å². The van der Waals surface area contributed by atoms with Crippen molar-refractivity contribution in [2.45, 2.75) is 0 Å². The van der Waals surface area contributed by atoms with Crippen LogP contribution in [-0.4, -0.2) is 56.1 Å². The van der Waals surface area contributed by atoms with Gasteiger partial charge in [0, 0.05) is 50.0 Å². The van der Waals surface area contributed by atoms with Gasteiger partial charge in [0.2, 0.25) is 0 Å². The maximum absolute atomic E-state index is 13.1. The molecule has 1 heterocycles. The lowest BCUT2D eigenvalue weighted by atomic mass is 10.3. The second kappa shape index (κ2) is 6.36. The fraction of sp³-hybridized carbons (Fsp3) is 0.538. The lowest BCUT2D eigenvalue weighted by molar-refractivity contribution is 0.158. The van der Waals surface area contributed by atoms with Gasteiger partial charge in [0.1, 0.15) is 5.82 Å². The van der Waals surface area contributed by atoms with E-state index in [4.69, 9.17) is 11.6 Å². The van der Waals surface area contributed by atoms with Crippen LogP contribution in [0.4, 0.5) is 10.1 Å². The molecule has 0 unspecified atom stereocenters. The van der Waals surface area contributed by atoms with Gasteiger partial charge in [-0.1, -0.05) is 11.6 Å². The highest BCUT2D eigenvalue weighted by Crippen LogP contribution is 2.17. The zero-order chi connectivity index (χ0) is 13.0. The molecule has 0 atom stereocenters. The first-order valence-electron chi connectivity index (χ1n) is 6.24. The van der Waals surface area contributed by atoms with Crippen LogP contribution in [0.15, 0.2) is 18.2 Å². The minimum absolute atomic E-state index is 0.301. The van der Waals surface area contributed by atoms with E-state index in [9.17, 15) is 4.39 Å². The average molecular weight is 272 g/mol. The quantitative estimate of drug-likeness (QED) is 0.905. The molecule has 100 valence electrons. The van der Waals surface area contributed by atoms with Crippen molar-refractivity contribution in [2.24, 2.45) is 0 Å². The summed E-state index contributed by atoms with van der Waals surface area (Å²) < 4.78 is 13.1. The fourth-order valence-corrected chi connectivity index (χ4v) is 2.31. The Bertz CT molecular complexity index is 372. The largest absolute Gasteiger partial charge is 0.384 e. The van der Waals surface area contributed by atoms with E-state index in [2.05, 4.69) is 22.2 Å². The highest BCUT2D eigenvalue weighted by atomic mass is 35.5. The molecule has 2 rings (SSSR count). The van der Waals surface area contributed by atoms with Crippen molar-refractivity contribution < 1.29 is 4.39 Å². The maximum atomic E-state index is 13.1. The predicted molar refractivity (Wildman–Crippen MR) is 73.8 cm³/mol. The molecule has 3 nitrogen and oxygen atoms in total. The number of anilines is 1. The van der Waals surface area contributed by atoms with E-state index < -0.39 is 0 Å². The summed E-state index contributed by atoms with van der Waals surface area (Å²) in [5, 5.41) is 3.63. The van der Waals surface area contributed by atoms with Crippen LogP contribution in [0.2, 0.25) is 5.02 Å². The highest BCUT2D eigenvalue weighted by Gasteiger charge is 2.12. The van der Waals surface area contributed by atoms with Crippen LogP contribution < -0.4 is 5.32 Å². The van der Waals surface area contributed by atoms with Crippen LogP contribution >= 0.6 is 11.6 Å². The molecule has 0 spiro atoms. The fourth-order valence-electron chi connectivity index (χ4n) is 2.09. The molecular weight excluding hydrogens is 253 g/mol. The van der Waals surface area contributed by atoms with Crippen molar-refractivity contribution in [3.8, 4) is 0 Å². The Morgan fingerprint density at radius 1 is 1.22 bits per heavy atom. The zero-order valence-electron chi connectivity index (χ0n) is 10.6. The minimum Gasteiger partial charge on any atom is -0.384 e. The van der Waals surface area contributed by atoms with Gasteiger partial charge in [-0.3, -0.25) is 4.90 Å². The van der Waals surface area contributed by atoms with Crippen molar-refractivity contribution in [2.75, 3.05) is 51.6 Å². The van der Waals surface area contributed by atoms with Gasteiger partial charge in [0.25, 0.3) is 0 Å². The number of likely N-dealkylation sites (N-methyl/N-ethyl adjacent to an activating group) is 1. The van der Waals surface area contributed by atoms with E-state index in [0.29, 0.717) is 5.02 Å². The SMILES string of the molecule is CN1CCN(CCNc2cc(F)cc(Cl)c2)CC1. The Morgan fingerprint density at radius 2 is 1.94 bits per heavy atom. The predicted octanol–water partition coefficient (Wildman–Crippen LogP) is 2.14. The molecule has 1 aliphatic heterocycles. The van der Waals surface area contributed by atoms with E-state index in [0.717, 1.165) is 45.0 Å². The molecule has 0 saturated carbocycles. The van der Waals surface area contributed by atoms with Crippen molar-refractivity contribution in [3.63, 3.8) is 0 Å². The Morgan fingerprint density at radius 3 is 2.61 bits per heavy atom. The number of piperazine rings is 1. The summed E-state index contributed by atoms with van der Waals surface area (Å²) in [7, 11) is 2.14. The normalized spacial score (nSPS) is 17.9. The molecule has 1 fully saturated rings. The summed E-state index contributed by atoms with van der Waals surface area (Å²) in [6.45, 7) is 6.22.